The molecule has 1 atom stereocenters. The molecular formula is C13H13FN2O. The summed E-state index contributed by atoms with van der Waals surface area (Å²) >= 11 is 0. The fraction of sp³-hybridized carbons (Fsp3) is 0.231. The van der Waals surface area contributed by atoms with Gasteiger partial charge in [-0.2, -0.15) is 10.2 Å². The van der Waals surface area contributed by atoms with E-state index in [2.05, 4.69) is 10.2 Å². The molecule has 1 aromatic carbocycles. The highest BCUT2D eigenvalue weighted by Gasteiger charge is 2.10. The summed E-state index contributed by atoms with van der Waals surface area (Å²) in [5, 5.41) is 17.4. The third-order valence-corrected chi connectivity index (χ3v) is 2.71. The Morgan fingerprint density at radius 1 is 1.29 bits per heavy atom. The van der Waals surface area contributed by atoms with Gasteiger partial charge >= 0.3 is 0 Å². The molecule has 1 N–H and O–H groups in total. The minimum atomic E-state index is -0.644. The number of aromatic nitrogens is 2. The van der Waals surface area contributed by atoms with Gasteiger partial charge in [-0.1, -0.05) is 6.07 Å². The van der Waals surface area contributed by atoms with E-state index < -0.39 is 6.10 Å². The van der Waals surface area contributed by atoms with E-state index in [0.29, 0.717) is 12.0 Å². The summed E-state index contributed by atoms with van der Waals surface area (Å²) < 4.78 is 12.9. The van der Waals surface area contributed by atoms with E-state index in [1.54, 1.807) is 12.1 Å². The zero-order chi connectivity index (χ0) is 12.3. The topological polar surface area (TPSA) is 46.0 Å². The van der Waals surface area contributed by atoms with E-state index in [0.717, 1.165) is 11.1 Å². The van der Waals surface area contributed by atoms with Crippen LogP contribution in [0.5, 0.6) is 0 Å². The van der Waals surface area contributed by atoms with Crippen molar-refractivity contribution in [2.45, 2.75) is 19.4 Å². The first kappa shape index (κ1) is 11.7. The number of aryl methyl sites for hydroxylation is 1. The Balaban J connectivity index is 2.16. The second-order valence-electron chi connectivity index (χ2n) is 3.97. The van der Waals surface area contributed by atoms with Crippen molar-refractivity contribution < 1.29 is 9.50 Å². The normalized spacial score (nSPS) is 12.4. The van der Waals surface area contributed by atoms with Gasteiger partial charge in [0.2, 0.25) is 0 Å². The largest absolute Gasteiger partial charge is 0.388 e. The molecule has 0 aliphatic rings. The van der Waals surface area contributed by atoms with Crippen LogP contribution in [0.25, 0.3) is 0 Å². The van der Waals surface area contributed by atoms with Crippen molar-refractivity contribution in [2.75, 3.05) is 0 Å². The Hall–Kier alpha value is -1.81. The molecule has 0 spiro atoms. The molecule has 3 nitrogen and oxygen atoms in total. The van der Waals surface area contributed by atoms with E-state index in [9.17, 15) is 9.50 Å². The highest BCUT2D eigenvalue weighted by Crippen LogP contribution is 2.19. The number of hydrogen-bond acceptors (Lipinski definition) is 3. The Morgan fingerprint density at radius 2 is 2.12 bits per heavy atom. The average Bonchev–Trinajstić information content (AvgIpc) is 2.34. The van der Waals surface area contributed by atoms with E-state index in [-0.39, 0.29) is 5.82 Å². The molecule has 17 heavy (non-hydrogen) atoms. The Kier molecular flexibility index (Phi) is 3.44. The van der Waals surface area contributed by atoms with Gasteiger partial charge in [0.1, 0.15) is 5.82 Å². The van der Waals surface area contributed by atoms with Crippen LogP contribution in [0.4, 0.5) is 4.39 Å². The summed E-state index contributed by atoms with van der Waals surface area (Å²) in [6.07, 6.45) is 2.87. The smallest absolute Gasteiger partial charge is 0.123 e. The minimum absolute atomic E-state index is 0.258. The van der Waals surface area contributed by atoms with Gasteiger partial charge in [0.15, 0.2) is 0 Å². The van der Waals surface area contributed by atoms with Crippen LogP contribution in [0.2, 0.25) is 0 Å². The second-order valence-corrected chi connectivity index (χ2v) is 3.97. The van der Waals surface area contributed by atoms with E-state index in [1.807, 2.05) is 6.92 Å². The fourth-order valence-electron chi connectivity index (χ4n) is 1.71. The monoisotopic (exact) mass is 232 g/mol. The quantitative estimate of drug-likeness (QED) is 0.882. The number of benzene rings is 1. The third kappa shape index (κ3) is 2.85. The predicted molar refractivity (Wildman–Crippen MR) is 61.8 cm³/mol. The lowest BCUT2D eigenvalue weighted by Gasteiger charge is -2.12. The molecule has 0 bridgehead atoms. The van der Waals surface area contributed by atoms with Crippen molar-refractivity contribution in [1.29, 1.82) is 0 Å². The molecule has 0 fully saturated rings. The summed E-state index contributed by atoms with van der Waals surface area (Å²) in [5.41, 5.74) is 2.48. The molecule has 0 aliphatic carbocycles. The molecule has 1 aromatic heterocycles. The van der Waals surface area contributed by atoms with Crippen LogP contribution in [-0.2, 0) is 6.42 Å². The highest BCUT2D eigenvalue weighted by molar-refractivity contribution is 5.28. The molecule has 0 aliphatic heterocycles. The number of rotatable bonds is 3. The maximum Gasteiger partial charge on any atom is 0.123 e. The first-order valence-corrected chi connectivity index (χ1v) is 5.36. The molecule has 88 valence electrons. The lowest BCUT2D eigenvalue weighted by molar-refractivity contribution is 0.177. The van der Waals surface area contributed by atoms with Gasteiger partial charge in [-0.3, -0.25) is 0 Å². The van der Waals surface area contributed by atoms with Gasteiger partial charge in [-0.05, 0) is 36.2 Å². The maximum atomic E-state index is 12.9. The summed E-state index contributed by atoms with van der Waals surface area (Å²) in [6.45, 7) is 1.83. The first-order valence-electron chi connectivity index (χ1n) is 5.36. The Morgan fingerprint density at radius 3 is 2.76 bits per heavy atom. The molecule has 2 rings (SSSR count). The Bertz CT molecular complexity index is 502. The van der Waals surface area contributed by atoms with E-state index in [1.165, 1.54) is 24.5 Å². The summed E-state index contributed by atoms with van der Waals surface area (Å²) in [5.74, 6) is -0.258. The van der Waals surface area contributed by atoms with Gasteiger partial charge < -0.3 is 5.11 Å². The lowest BCUT2D eigenvalue weighted by Crippen LogP contribution is -2.04. The molecule has 1 heterocycles. The first-order chi connectivity index (χ1) is 8.16. The van der Waals surface area contributed by atoms with Crippen molar-refractivity contribution >= 4 is 0 Å². The second kappa shape index (κ2) is 5.01. The number of nitrogens with zero attached hydrogens (tertiary/aromatic N) is 2. The van der Waals surface area contributed by atoms with Gasteiger partial charge in [0, 0.05) is 18.2 Å². The van der Waals surface area contributed by atoms with Crippen molar-refractivity contribution in [3.63, 3.8) is 0 Å². The molecule has 2 aromatic rings. The SMILES string of the molecule is Cc1cc(F)ccc1CC(O)c1ccnnc1. The summed E-state index contributed by atoms with van der Waals surface area (Å²) in [4.78, 5) is 0. The predicted octanol–water partition coefficient (Wildman–Crippen LogP) is 2.20. The minimum Gasteiger partial charge on any atom is -0.388 e. The van der Waals surface area contributed by atoms with Crippen LogP contribution >= 0.6 is 0 Å². The van der Waals surface area contributed by atoms with Gasteiger partial charge in [-0.15, -0.1) is 0 Å². The average molecular weight is 232 g/mol. The van der Waals surface area contributed by atoms with Gasteiger partial charge in [0.25, 0.3) is 0 Å². The van der Waals surface area contributed by atoms with Gasteiger partial charge in [-0.25, -0.2) is 4.39 Å². The lowest BCUT2D eigenvalue weighted by atomic mass is 9.99. The van der Waals surface area contributed by atoms with E-state index >= 15 is 0 Å². The van der Waals surface area contributed by atoms with Crippen molar-refractivity contribution in [3.05, 3.63) is 59.2 Å². The Labute approximate surface area is 99.0 Å². The van der Waals surface area contributed by atoms with Crippen LogP contribution in [0, 0.1) is 12.7 Å². The number of aliphatic hydroxyl groups excluding tert-OH is 1. The van der Waals surface area contributed by atoms with Crippen LogP contribution < -0.4 is 0 Å². The van der Waals surface area contributed by atoms with E-state index in [4.69, 9.17) is 0 Å². The molecule has 0 saturated heterocycles. The van der Waals surface area contributed by atoms with Crippen molar-refractivity contribution in [2.24, 2.45) is 0 Å². The van der Waals surface area contributed by atoms with Crippen LogP contribution in [0.15, 0.2) is 36.7 Å². The highest BCUT2D eigenvalue weighted by atomic mass is 19.1. The number of aliphatic hydroxyl groups is 1. The third-order valence-electron chi connectivity index (χ3n) is 2.71. The summed E-state index contributed by atoms with van der Waals surface area (Å²) in [6, 6.07) is 6.28. The molecule has 0 radical (unpaired) electrons. The number of halogens is 1. The van der Waals surface area contributed by atoms with Gasteiger partial charge in [0.05, 0.1) is 12.3 Å². The molecule has 0 amide bonds. The van der Waals surface area contributed by atoms with Crippen LogP contribution in [0.3, 0.4) is 0 Å². The molecule has 1 unspecified atom stereocenters. The summed E-state index contributed by atoms with van der Waals surface area (Å²) in [7, 11) is 0. The number of hydrogen-bond donors (Lipinski definition) is 1. The van der Waals surface area contributed by atoms with Crippen LogP contribution in [-0.4, -0.2) is 15.3 Å². The molecule has 4 heteroatoms. The zero-order valence-electron chi connectivity index (χ0n) is 9.47. The fourth-order valence-corrected chi connectivity index (χ4v) is 1.71. The van der Waals surface area contributed by atoms with Crippen molar-refractivity contribution in [3.8, 4) is 0 Å². The standard InChI is InChI=1S/C13H13FN2O/c1-9-6-12(14)3-2-10(9)7-13(17)11-4-5-15-16-8-11/h2-6,8,13,17H,7H2,1H3. The molecular weight excluding hydrogens is 219 g/mol. The maximum absolute atomic E-state index is 12.9. The van der Waals surface area contributed by atoms with Crippen LogP contribution in [0.1, 0.15) is 22.8 Å². The van der Waals surface area contributed by atoms with Crippen molar-refractivity contribution in [1.82, 2.24) is 10.2 Å². The zero-order valence-corrected chi connectivity index (χ0v) is 9.47. The molecule has 0 saturated carbocycles.